The van der Waals surface area contributed by atoms with Crippen molar-refractivity contribution < 1.29 is 8.42 Å². The number of rotatable bonds is 1. The van der Waals surface area contributed by atoms with Crippen molar-refractivity contribution in [3.63, 3.8) is 0 Å². The van der Waals surface area contributed by atoms with Crippen LogP contribution in [0, 0.1) is 0 Å². The molecule has 0 radical (unpaired) electrons. The lowest BCUT2D eigenvalue weighted by atomic mass is 10.2. The summed E-state index contributed by atoms with van der Waals surface area (Å²) in [5.74, 6) is 0. The molecule has 1 aromatic rings. The van der Waals surface area contributed by atoms with E-state index < -0.39 is 8.26 Å². The summed E-state index contributed by atoms with van der Waals surface area (Å²) >= 11 is 0. The summed E-state index contributed by atoms with van der Waals surface area (Å²) in [7, 11) is 4.81. The minimum atomic E-state index is -3.72. The highest BCUT2D eigenvalue weighted by Crippen LogP contribution is 1.98. The quantitative estimate of drug-likeness (QED) is 0.708. The van der Waals surface area contributed by atoms with Crippen LogP contribution in [0.5, 0.6) is 0 Å². The van der Waals surface area contributed by atoms with Crippen molar-refractivity contribution in [2.45, 2.75) is 13.3 Å². The molecular formula is C8H10Cl2O2S. The van der Waals surface area contributed by atoms with Crippen LogP contribution in [0.25, 0.3) is 0 Å². The summed E-state index contributed by atoms with van der Waals surface area (Å²) in [5.41, 5.74) is 1.41. The summed E-state index contributed by atoms with van der Waals surface area (Å²) in [4.78, 5) is 0. The molecule has 0 atom stereocenters. The second kappa shape index (κ2) is 6.24. The fourth-order valence-corrected chi connectivity index (χ4v) is 0.714. The summed E-state index contributed by atoms with van der Waals surface area (Å²) in [6.07, 6.45) is 1.14. The number of hydrogen-bond acceptors (Lipinski definition) is 2. The largest absolute Gasteiger partial charge is 0.317 e. The first-order valence-corrected chi connectivity index (χ1v) is 6.75. The van der Waals surface area contributed by atoms with Crippen molar-refractivity contribution in [2.24, 2.45) is 0 Å². The minimum Gasteiger partial charge on any atom is -0.195 e. The van der Waals surface area contributed by atoms with Crippen molar-refractivity contribution in [1.82, 2.24) is 0 Å². The van der Waals surface area contributed by atoms with Crippen LogP contribution in [0.15, 0.2) is 30.3 Å². The second-order valence-electron chi connectivity index (χ2n) is 2.22. The predicted octanol–water partition coefficient (Wildman–Crippen LogP) is 2.96. The molecule has 1 aromatic carbocycles. The Morgan fingerprint density at radius 1 is 1.15 bits per heavy atom. The van der Waals surface area contributed by atoms with Crippen LogP contribution in [0.2, 0.25) is 0 Å². The lowest BCUT2D eigenvalue weighted by Gasteiger charge is -1.89. The van der Waals surface area contributed by atoms with Crippen LogP contribution in [0.3, 0.4) is 0 Å². The minimum absolute atomic E-state index is 1.14. The molecule has 0 bridgehead atoms. The smallest absolute Gasteiger partial charge is 0.195 e. The molecule has 0 fully saturated rings. The maximum atomic E-state index is 9.16. The van der Waals surface area contributed by atoms with Crippen molar-refractivity contribution in [1.29, 1.82) is 0 Å². The van der Waals surface area contributed by atoms with E-state index >= 15 is 0 Å². The van der Waals surface area contributed by atoms with Crippen LogP contribution >= 0.6 is 21.4 Å². The molecule has 0 aliphatic rings. The van der Waals surface area contributed by atoms with Crippen molar-refractivity contribution in [3.05, 3.63) is 35.9 Å². The van der Waals surface area contributed by atoms with Crippen molar-refractivity contribution >= 4 is 29.6 Å². The van der Waals surface area contributed by atoms with E-state index in [1.54, 1.807) is 0 Å². The lowest BCUT2D eigenvalue weighted by molar-refractivity contribution is 0.621. The van der Waals surface area contributed by atoms with Gasteiger partial charge in [0, 0.05) is 21.4 Å². The average molecular weight is 241 g/mol. The van der Waals surface area contributed by atoms with Gasteiger partial charge in [-0.15, -0.1) is 0 Å². The number of halogens is 2. The Morgan fingerprint density at radius 3 is 1.77 bits per heavy atom. The van der Waals surface area contributed by atoms with Gasteiger partial charge in [-0.05, 0) is 12.0 Å². The van der Waals surface area contributed by atoms with Crippen LogP contribution in [-0.2, 0) is 14.7 Å². The van der Waals surface area contributed by atoms with E-state index in [9.17, 15) is 0 Å². The summed E-state index contributed by atoms with van der Waals surface area (Å²) in [5, 5.41) is 0. The molecule has 5 heteroatoms. The van der Waals surface area contributed by atoms with Gasteiger partial charge in [-0.25, -0.2) is 0 Å². The van der Waals surface area contributed by atoms with Gasteiger partial charge in [-0.1, -0.05) is 37.3 Å². The van der Waals surface area contributed by atoms with Crippen LogP contribution in [-0.4, -0.2) is 8.42 Å². The van der Waals surface area contributed by atoms with Gasteiger partial charge in [0.15, 0.2) is 0 Å². The zero-order valence-electron chi connectivity index (χ0n) is 7.07. The van der Waals surface area contributed by atoms with Gasteiger partial charge in [0.05, 0.1) is 0 Å². The van der Waals surface area contributed by atoms with Gasteiger partial charge >= 0.3 is 8.26 Å². The predicted molar refractivity (Wildman–Crippen MR) is 56.4 cm³/mol. The Bertz CT molecular complexity index is 313. The molecule has 0 spiro atoms. The third-order valence-corrected chi connectivity index (χ3v) is 1.25. The van der Waals surface area contributed by atoms with E-state index in [4.69, 9.17) is 8.42 Å². The number of benzene rings is 1. The van der Waals surface area contributed by atoms with E-state index in [0.717, 1.165) is 6.42 Å². The molecule has 0 saturated heterocycles. The molecular weight excluding hydrogens is 231 g/mol. The summed E-state index contributed by atoms with van der Waals surface area (Å²) < 4.78 is 18.3. The molecule has 13 heavy (non-hydrogen) atoms. The molecule has 0 aliphatic carbocycles. The first kappa shape index (κ1) is 12.8. The van der Waals surface area contributed by atoms with Crippen molar-refractivity contribution in [3.8, 4) is 0 Å². The first-order valence-electron chi connectivity index (χ1n) is 3.61. The number of aryl methyl sites for hydroxylation is 1. The summed E-state index contributed by atoms with van der Waals surface area (Å²) in [6.45, 7) is 2.16. The van der Waals surface area contributed by atoms with Crippen molar-refractivity contribution in [2.75, 3.05) is 0 Å². The third kappa shape index (κ3) is 11.8. The number of hydrogen-bond donors (Lipinski definition) is 0. The van der Waals surface area contributed by atoms with E-state index in [-0.39, 0.29) is 0 Å². The lowest BCUT2D eigenvalue weighted by Crippen LogP contribution is -1.73. The molecule has 0 saturated carbocycles. The first-order chi connectivity index (χ1) is 5.93. The summed E-state index contributed by atoms with van der Waals surface area (Å²) in [6, 6.07) is 10.5. The zero-order chi connectivity index (χ0) is 10.3. The Hall–Kier alpha value is -0.250. The van der Waals surface area contributed by atoms with Gasteiger partial charge < -0.3 is 0 Å². The second-order valence-corrected chi connectivity index (χ2v) is 5.89. The Kier molecular flexibility index (Phi) is 6.12. The van der Waals surface area contributed by atoms with Gasteiger partial charge in [0.25, 0.3) is 0 Å². The van der Waals surface area contributed by atoms with Gasteiger partial charge in [0.2, 0.25) is 0 Å². The van der Waals surface area contributed by atoms with E-state index in [0.29, 0.717) is 0 Å². The van der Waals surface area contributed by atoms with Gasteiger partial charge in [-0.2, -0.15) is 8.42 Å². The van der Waals surface area contributed by atoms with Gasteiger partial charge in [-0.3, -0.25) is 0 Å². The maximum absolute atomic E-state index is 9.16. The molecule has 0 amide bonds. The standard InChI is InChI=1S/C8H10.Cl2O2S/c1-2-8-6-4-3-5-7-8;1-5(2,3)4/h3-7H,2H2,1H3;. The molecule has 1 rings (SSSR count). The van der Waals surface area contributed by atoms with E-state index in [1.807, 2.05) is 6.07 Å². The SMILES string of the molecule is CCc1ccccc1.O=S(=O)(Cl)Cl. The molecule has 0 unspecified atom stereocenters. The average Bonchev–Trinajstić information content (AvgIpc) is 2.03. The Labute approximate surface area is 87.4 Å². The molecule has 0 aromatic heterocycles. The highest BCUT2D eigenvalue weighted by molar-refractivity contribution is 8.31. The third-order valence-electron chi connectivity index (χ3n) is 1.25. The fourth-order valence-electron chi connectivity index (χ4n) is 0.714. The molecule has 0 N–H and O–H groups in total. The topological polar surface area (TPSA) is 34.1 Å². The maximum Gasteiger partial charge on any atom is 0.317 e. The normalized spacial score (nSPS) is 10.1. The highest BCUT2D eigenvalue weighted by Gasteiger charge is 1.88. The molecule has 0 heterocycles. The van der Waals surface area contributed by atoms with E-state index in [1.165, 1.54) is 5.56 Å². The Balaban J connectivity index is 0.000000252. The monoisotopic (exact) mass is 240 g/mol. The molecule has 0 aliphatic heterocycles. The van der Waals surface area contributed by atoms with Crippen LogP contribution < -0.4 is 0 Å². The zero-order valence-corrected chi connectivity index (χ0v) is 9.40. The molecule has 2 nitrogen and oxygen atoms in total. The molecule has 74 valence electrons. The van der Waals surface area contributed by atoms with Gasteiger partial charge in [0.1, 0.15) is 0 Å². The highest BCUT2D eigenvalue weighted by atomic mass is 36.0. The van der Waals surface area contributed by atoms with Crippen LogP contribution in [0.1, 0.15) is 12.5 Å². The fraction of sp³-hybridized carbons (Fsp3) is 0.250. The van der Waals surface area contributed by atoms with E-state index in [2.05, 4.69) is 52.6 Å². The van der Waals surface area contributed by atoms with Crippen LogP contribution in [0.4, 0.5) is 0 Å². The Morgan fingerprint density at radius 2 is 1.54 bits per heavy atom.